The zero-order chi connectivity index (χ0) is 18.8. The third-order valence-electron chi connectivity index (χ3n) is 3.46. The Hall–Kier alpha value is -1.95. The molecule has 0 aliphatic carbocycles. The van der Waals surface area contributed by atoms with Crippen molar-refractivity contribution < 1.29 is 18.3 Å². The van der Waals surface area contributed by atoms with Gasteiger partial charge in [-0.25, -0.2) is 4.98 Å². The van der Waals surface area contributed by atoms with E-state index in [1.54, 1.807) is 14.2 Å². The van der Waals surface area contributed by atoms with E-state index in [1.807, 2.05) is 24.3 Å². The van der Waals surface area contributed by atoms with Crippen LogP contribution in [0.15, 0.2) is 41.7 Å². The fraction of sp³-hybridized carbons (Fsp3) is 0.412. The molecule has 0 radical (unpaired) electrons. The normalized spacial score (nSPS) is 11.2. The molecule has 0 aliphatic heterocycles. The Labute approximate surface area is 174 Å². The van der Waals surface area contributed by atoms with Crippen molar-refractivity contribution in [3.8, 4) is 5.75 Å². The molecule has 0 aliphatic rings. The molecule has 0 bridgehead atoms. The number of ether oxygens (including phenoxy) is 2. The van der Waals surface area contributed by atoms with E-state index < -0.39 is 6.55 Å². The number of nitrogens with one attached hydrogen (secondary N) is 2. The Bertz CT molecular complexity index is 712. The van der Waals surface area contributed by atoms with Crippen LogP contribution in [-0.2, 0) is 11.3 Å². The van der Waals surface area contributed by atoms with Gasteiger partial charge in [-0.3, -0.25) is 9.56 Å². The molecule has 10 heteroatoms. The average molecular weight is 495 g/mol. The summed E-state index contributed by atoms with van der Waals surface area (Å²) in [7, 11) is 3.25. The number of hydrogen-bond acceptors (Lipinski definition) is 4. The molecule has 150 valence electrons. The number of guanidine groups is 1. The van der Waals surface area contributed by atoms with Crippen LogP contribution in [0.2, 0.25) is 0 Å². The Kier molecular flexibility index (Phi) is 10.6. The lowest BCUT2D eigenvalue weighted by Crippen LogP contribution is -2.31. The largest absolute Gasteiger partial charge is 0.493 e. The molecule has 7 nitrogen and oxygen atoms in total. The van der Waals surface area contributed by atoms with Gasteiger partial charge >= 0.3 is 6.55 Å². The number of hydrogen-bond donors (Lipinski definition) is 2. The summed E-state index contributed by atoms with van der Waals surface area (Å²) in [4.78, 5) is 8.01. The van der Waals surface area contributed by atoms with Gasteiger partial charge in [-0.1, -0.05) is 6.07 Å². The van der Waals surface area contributed by atoms with Crippen molar-refractivity contribution in [2.75, 3.05) is 32.7 Å². The van der Waals surface area contributed by atoms with E-state index in [-0.39, 0.29) is 36.3 Å². The van der Waals surface area contributed by atoms with Crippen LogP contribution >= 0.6 is 24.0 Å². The standard InChI is InChI=1S/C17H23F2N5O2.HI/c1-20-17(22-12-15-21-7-8-24(15)16(18)19)23-13-5-3-6-14(11-13)26-10-4-9-25-2;/h3,5-8,11,16H,4,9-10,12H2,1-2H3,(H2,20,22,23);1H. The molecule has 27 heavy (non-hydrogen) atoms. The molecule has 0 saturated carbocycles. The summed E-state index contributed by atoms with van der Waals surface area (Å²) in [5.41, 5.74) is 0.763. The van der Waals surface area contributed by atoms with Gasteiger partial charge in [0.05, 0.1) is 13.2 Å². The van der Waals surface area contributed by atoms with Gasteiger partial charge in [0.15, 0.2) is 5.96 Å². The maximum absolute atomic E-state index is 12.8. The second-order valence-corrected chi connectivity index (χ2v) is 5.30. The van der Waals surface area contributed by atoms with Crippen LogP contribution in [0, 0.1) is 0 Å². The van der Waals surface area contributed by atoms with Crippen molar-refractivity contribution >= 4 is 35.6 Å². The minimum Gasteiger partial charge on any atom is -0.493 e. The first-order valence-corrected chi connectivity index (χ1v) is 8.13. The number of rotatable bonds is 9. The van der Waals surface area contributed by atoms with E-state index in [0.29, 0.717) is 19.2 Å². The average Bonchev–Trinajstić information content (AvgIpc) is 3.11. The molecule has 0 amide bonds. The summed E-state index contributed by atoms with van der Waals surface area (Å²) in [6, 6.07) is 7.40. The minimum atomic E-state index is -2.63. The summed E-state index contributed by atoms with van der Waals surface area (Å²) in [5.74, 6) is 1.37. The molecule has 0 spiro atoms. The van der Waals surface area contributed by atoms with Crippen molar-refractivity contribution in [1.82, 2.24) is 14.9 Å². The topological polar surface area (TPSA) is 72.7 Å². The molecular weight excluding hydrogens is 471 g/mol. The van der Waals surface area contributed by atoms with Gasteiger partial charge in [-0.05, 0) is 12.1 Å². The van der Waals surface area contributed by atoms with Crippen LogP contribution in [0.25, 0.3) is 0 Å². The molecule has 0 saturated heterocycles. The second kappa shape index (κ2) is 12.4. The van der Waals surface area contributed by atoms with E-state index in [1.165, 1.54) is 12.4 Å². The van der Waals surface area contributed by atoms with Gasteiger partial charge in [0.25, 0.3) is 0 Å². The first kappa shape index (κ1) is 23.1. The predicted molar refractivity (Wildman–Crippen MR) is 111 cm³/mol. The molecule has 1 aromatic heterocycles. The molecule has 2 rings (SSSR count). The summed E-state index contributed by atoms with van der Waals surface area (Å²) < 4.78 is 37.1. The fourth-order valence-electron chi connectivity index (χ4n) is 2.19. The fourth-order valence-corrected chi connectivity index (χ4v) is 2.19. The third-order valence-corrected chi connectivity index (χ3v) is 3.46. The molecule has 2 N–H and O–H groups in total. The Morgan fingerprint density at radius 2 is 2.15 bits per heavy atom. The van der Waals surface area contributed by atoms with E-state index in [0.717, 1.165) is 22.4 Å². The van der Waals surface area contributed by atoms with Gasteiger partial charge in [0, 0.05) is 51.3 Å². The molecule has 1 heterocycles. The smallest absolute Gasteiger partial charge is 0.319 e. The van der Waals surface area contributed by atoms with E-state index in [4.69, 9.17) is 9.47 Å². The molecule has 2 aromatic rings. The lowest BCUT2D eigenvalue weighted by Gasteiger charge is -2.13. The number of nitrogens with zero attached hydrogens (tertiary/aromatic N) is 3. The monoisotopic (exact) mass is 495 g/mol. The highest BCUT2D eigenvalue weighted by Crippen LogP contribution is 2.17. The predicted octanol–water partition coefficient (Wildman–Crippen LogP) is 3.50. The molecule has 0 fully saturated rings. The first-order chi connectivity index (χ1) is 12.6. The van der Waals surface area contributed by atoms with E-state index in [2.05, 4.69) is 20.6 Å². The summed E-state index contributed by atoms with van der Waals surface area (Å²) >= 11 is 0. The number of imidazole rings is 1. The van der Waals surface area contributed by atoms with Gasteiger partial charge < -0.3 is 20.1 Å². The number of methoxy groups -OCH3 is 1. The quantitative estimate of drug-likeness (QED) is 0.241. The van der Waals surface area contributed by atoms with Gasteiger partial charge in [-0.15, -0.1) is 24.0 Å². The third kappa shape index (κ3) is 7.67. The van der Waals surface area contributed by atoms with Crippen LogP contribution in [-0.4, -0.2) is 42.9 Å². The lowest BCUT2D eigenvalue weighted by atomic mass is 10.3. The molecular formula is C17H24F2IN5O2. The van der Waals surface area contributed by atoms with Gasteiger partial charge in [0.2, 0.25) is 0 Å². The zero-order valence-electron chi connectivity index (χ0n) is 15.2. The van der Waals surface area contributed by atoms with Crippen LogP contribution in [0.1, 0.15) is 18.8 Å². The second-order valence-electron chi connectivity index (χ2n) is 5.30. The van der Waals surface area contributed by atoms with Crippen LogP contribution in [0.5, 0.6) is 5.75 Å². The van der Waals surface area contributed by atoms with Crippen LogP contribution < -0.4 is 15.4 Å². The van der Waals surface area contributed by atoms with E-state index in [9.17, 15) is 8.78 Å². The van der Waals surface area contributed by atoms with Crippen LogP contribution in [0.3, 0.4) is 0 Å². The molecule has 0 unspecified atom stereocenters. The number of aliphatic imine (C=N–C) groups is 1. The number of alkyl halides is 2. The number of halogens is 3. The minimum absolute atomic E-state index is 0. The van der Waals surface area contributed by atoms with Crippen molar-refractivity contribution in [2.45, 2.75) is 19.5 Å². The van der Waals surface area contributed by atoms with Crippen molar-refractivity contribution in [3.63, 3.8) is 0 Å². The summed E-state index contributed by atoms with van der Waals surface area (Å²) in [5, 5.41) is 6.05. The Morgan fingerprint density at radius 3 is 2.85 bits per heavy atom. The highest BCUT2D eigenvalue weighted by Gasteiger charge is 2.11. The van der Waals surface area contributed by atoms with E-state index >= 15 is 0 Å². The number of aromatic nitrogens is 2. The van der Waals surface area contributed by atoms with Crippen molar-refractivity contribution in [2.24, 2.45) is 4.99 Å². The molecule has 1 aromatic carbocycles. The van der Waals surface area contributed by atoms with Crippen LogP contribution in [0.4, 0.5) is 14.5 Å². The zero-order valence-corrected chi connectivity index (χ0v) is 17.5. The SMILES string of the molecule is CN=C(NCc1nccn1C(F)F)Nc1cccc(OCCCOC)c1.I. The highest BCUT2D eigenvalue weighted by atomic mass is 127. The lowest BCUT2D eigenvalue weighted by molar-refractivity contribution is 0.0668. The van der Waals surface area contributed by atoms with Crippen molar-refractivity contribution in [1.29, 1.82) is 0 Å². The maximum Gasteiger partial charge on any atom is 0.319 e. The van der Waals surface area contributed by atoms with Crippen molar-refractivity contribution in [3.05, 3.63) is 42.5 Å². The summed E-state index contributed by atoms with van der Waals surface area (Å²) in [6.07, 6.45) is 3.38. The maximum atomic E-state index is 12.8. The number of benzene rings is 1. The Morgan fingerprint density at radius 1 is 1.33 bits per heavy atom. The first-order valence-electron chi connectivity index (χ1n) is 8.13. The molecule has 0 atom stereocenters. The number of anilines is 1. The van der Waals surface area contributed by atoms with Gasteiger partial charge in [0.1, 0.15) is 11.6 Å². The Balaban J connectivity index is 0.00000364. The summed E-state index contributed by atoms with van der Waals surface area (Å²) in [6.45, 7) is -1.32. The highest BCUT2D eigenvalue weighted by molar-refractivity contribution is 14.0. The van der Waals surface area contributed by atoms with Gasteiger partial charge in [-0.2, -0.15) is 8.78 Å².